The molecule has 0 aliphatic carbocycles. The molecule has 0 fully saturated rings. The van der Waals surface area contributed by atoms with Crippen LogP contribution in [0.4, 0.5) is 0 Å². The third kappa shape index (κ3) is 7.24. The van der Waals surface area contributed by atoms with Crippen LogP contribution in [0.3, 0.4) is 0 Å². The zero-order valence-electron chi connectivity index (χ0n) is 12.2. The highest BCUT2D eigenvalue weighted by Crippen LogP contribution is 2.06. The molecule has 0 aromatic heterocycles. The lowest BCUT2D eigenvalue weighted by Crippen LogP contribution is -2.38. The second-order valence-electron chi connectivity index (χ2n) is 5.40. The van der Waals surface area contributed by atoms with Crippen molar-refractivity contribution in [2.75, 3.05) is 13.1 Å². The quantitative estimate of drug-likeness (QED) is 0.609. The van der Waals surface area contributed by atoms with Gasteiger partial charge in [0.05, 0.1) is 0 Å². The maximum Gasteiger partial charge on any atom is 0.00412 e. The Balaban J connectivity index is 3.55. The summed E-state index contributed by atoms with van der Waals surface area (Å²) in [7, 11) is 0. The Morgan fingerprint density at radius 2 is 1.50 bits per heavy atom. The summed E-state index contributed by atoms with van der Waals surface area (Å²) in [5, 5.41) is 3.55. The molecule has 0 heterocycles. The normalized spacial score (nSPS) is 14.1. The van der Waals surface area contributed by atoms with Gasteiger partial charge in [-0.05, 0) is 67.0 Å². The molecular weight excluding hydrogens is 196 g/mol. The molecule has 0 aromatic rings. The summed E-state index contributed by atoms with van der Waals surface area (Å²) in [5.41, 5.74) is 0. The lowest BCUT2D eigenvalue weighted by molar-refractivity contribution is 0.171. The number of hydrogen-bond acceptors (Lipinski definition) is 2. The average Bonchev–Trinajstić information content (AvgIpc) is 2.21. The number of nitrogens with one attached hydrogen (secondary N) is 1. The minimum Gasteiger partial charge on any atom is -0.314 e. The van der Waals surface area contributed by atoms with E-state index in [1.165, 1.54) is 32.4 Å². The molecule has 0 bridgehead atoms. The minimum absolute atomic E-state index is 0.669. The Hall–Kier alpha value is -0.0800. The van der Waals surface area contributed by atoms with E-state index in [1.807, 2.05) is 0 Å². The smallest absolute Gasteiger partial charge is 0.00412 e. The molecule has 2 heteroatoms. The first kappa shape index (κ1) is 15.9. The van der Waals surface area contributed by atoms with E-state index in [2.05, 4.69) is 51.8 Å². The van der Waals surface area contributed by atoms with E-state index in [-0.39, 0.29) is 0 Å². The zero-order chi connectivity index (χ0) is 12.6. The topological polar surface area (TPSA) is 15.3 Å². The Labute approximate surface area is 103 Å². The van der Waals surface area contributed by atoms with Crippen LogP contribution in [0.2, 0.25) is 0 Å². The molecular formula is C14H32N2. The van der Waals surface area contributed by atoms with Crippen molar-refractivity contribution in [3.63, 3.8) is 0 Å². The van der Waals surface area contributed by atoms with Gasteiger partial charge in [0.15, 0.2) is 0 Å². The van der Waals surface area contributed by atoms with Crippen LogP contribution in [0, 0.1) is 0 Å². The van der Waals surface area contributed by atoms with Crippen molar-refractivity contribution in [1.82, 2.24) is 10.2 Å². The van der Waals surface area contributed by atoms with Gasteiger partial charge in [-0.15, -0.1) is 0 Å². The van der Waals surface area contributed by atoms with Crippen LogP contribution in [-0.4, -0.2) is 36.1 Å². The largest absolute Gasteiger partial charge is 0.314 e. The Bertz CT molecular complexity index is 147. The molecule has 0 aromatic carbocycles. The summed E-state index contributed by atoms with van der Waals surface area (Å²) in [6.45, 7) is 16.0. The van der Waals surface area contributed by atoms with Gasteiger partial charge in [0, 0.05) is 18.1 Å². The average molecular weight is 228 g/mol. The minimum atomic E-state index is 0.669. The summed E-state index contributed by atoms with van der Waals surface area (Å²) in [5.74, 6) is 0. The van der Waals surface area contributed by atoms with Gasteiger partial charge in [0.25, 0.3) is 0 Å². The van der Waals surface area contributed by atoms with Crippen LogP contribution in [-0.2, 0) is 0 Å². The van der Waals surface area contributed by atoms with Gasteiger partial charge in [0.2, 0.25) is 0 Å². The summed E-state index contributed by atoms with van der Waals surface area (Å²) < 4.78 is 0. The SMILES string of the molecule is CCC(C)NCCCCN(C(C)C)C(C)C. The zero-order valence-corrected chi connectivity index (χ0v) is 12.2. The van der Waals surface area contributed by atoms with E-state index in [0.29, 0.717) is 18.1 Å². The maximum absolute atomic E-state index is 3.55. The van der Waals surface area contributed by atoms with E-state index in [9.17, 15) is 0 Å². The Kier molecular flexibility index (Phi) is 8.96. The van der Waals surface area contributed by atoms with Crippen molar-refractivity contribution in [3.8, 4) is 0 Å². The fourth-order valence-electron chi connectivity index (χ4n) is 2.02. The first-order valence-electron chi connectivity index (χ1n) is 6.98. The van der Waals surface area contributed by atoms with Crippen LogP contribution in [0.5, 0.6) is 0 Å². The molecule has 0 saturated heterocycles. The second kappa shape index (κ2) is 9.00. The Morgan fingerprint density at radius 3 is 1.94 bits per heavy atom. The predicted molar refractivity (Wildman–Crippen MR) is 74.0 cm³/mol. The Morgan fingerprint density at radius 1 is 0.938 bits per heavy atom. The lowest BCUT2D eigenvalue weighted by Gasteiger charge is -2.30. The van der Waals surface area contributed by atoms with Crippen molar-refractivity contribution >= 4 is 0 Å². The molecule has 98 valence electrons. The first-order valence-corrected chi connectivity index (χ1v) is 6.98. The van der Waals surface area contributed by atoms with Crippen molar-refractivity contribution in [1.29, 1.82) is 0 Å². The number of rotatable bonds is 9. The molecule has 1 unspecified atom stereocenters. The fraction of sp³-hybridized carbons (Fsp3) is 1.00. The van der Waals surface area contributed by atoms with E-state index in [0.717, 1.165) is 0 Å². The number of hydrogen-bond donors (Lipinski definition) is 1. The maximum atomic E-state index is 3.55. The van der Waals surface area contributed by atoms with Gasteiger partial charge >= 0.3 is 0 Å². The highest BCUT2D eigenvalue weighted by atomic mass is 15.2. The molecule has 1 atom stereocenters. The van der Waals surface area contributed by atoms with E-state index < -0.39 is 0 Å². The van der Waals surface area contributed by atoms with Gasteiger partial charge in [-0.1, -0.05) is 6.92 Å². The fourth-order valence-corrected chi connectivity index (χ4v) is 2.02. The molecule has 0 spiro atoms. The third-order valence-corrected chi connectivity index (χ3v) is 3.27. The second-order valence-corrected chi connectivity index (χ2v) is 5.40. The monoisotopic (exact) mass is 228 g/mol. The van der Waals surface area contributed by atoms with Gasteiger partial charge in [-0.25, -0.2) is 0 Å². The van der Waals surface area contributed by atoms with Crippen LogP contribution in [0.25, 0.3) is 0 Å². The number of nitrogens with zero attached hydrogens (tertiary/aromatic N) is 1. The van der Waals surface area contributed by atoms with Crippen LogP contribution in [0.1, 0.15) is 60.8 Å². The van der Waals surface area contributed by atoms with E-state index in [4.69, 9.17) is 0 Å². The molecule has 16 heavy (non-hydrogen) atoms. The van der Waals surface area contributed by atoms with Crippen molar-refractivity contribution in [2.45, 2.75) is 78.9 Å². The predicted octanol–water partition coefficient (Wildman–Crippen LogP) is 3.27. The van der Waals surface area contributed by atoms with Gasteiger partial charge in [0.1, 0.15) is 0 Å². The molecule has 0 aliphatic rings. The van der Waals surface area contributed by atoms with E-state index >= 15 is 0 Å². The molecule has 0 amide bonds. The molecule has 2 nitrogen and oxygen atoms in total. The summed E-state index contributed by atoms with van der Waals surface area (Å²) >= 11 is 0. The van der Waals surface area contributed by atoms with Crippen molar-refractivity contribution in [2.24, 2.45) is 0 Å². The summed E-state index contributed by atoms with van der Waals surface area (Å²) in [6, 6.07) is 2.01. The molecule has 0 rings (SSSR count). The standard InChI is InChI=1S/C14H32N2/c1-7-14(6)15-10-8-9-11-16(12(2)3)13(4)5/h12-15H,7-11H2,1-6H3. The van der Waals surface area contributed by atoms with Gasteiger partial charge < -0.3 is 5.32 Å². The van der Waals surface area contributed by atoms with Crippen molar-refractivity contribution < 1.29 is 0 Å². The molecule has 0 aliphatic heterocycles. The molecule has 0 saturated carbocycles. The van der Waals surface area contributed by atoms with Crippen LogP contribution < -0.4 is 5.32 Å². The van der Waals surface area contributed by atoms with Crippen LogP contribution >= 0.6 is 0 Å². The van der Waals surface area contributed by atoms with E-state index in [1.54, 1.807) is 0 Å². The summed E-state index contributed by atoms with van der Waals surface area (Å²) in [6.07, 6.45) is 3.82. The first-order chi connectivity index (χ1) is 7.49. The lowest BCUT2D eigenvalue weighted by atomic mass is 10.2. The van der Waals surface area contributed by atoms with Gasteiger partial charge in [-0.2, -0.15) is 0 Å². The number of unbranched alkanes of at least 4 members (excludes halogenated alkanes) is 1. The molecule has 0 radical (unpaired) electrons. The van der Waals surface area contributed by atoms with Crippen molar-refractivity contribution in [3.05, 3.63) is 0 Å². The molecule has 1 N–H and O–H groups in total. The van der Waals surface area contributed by atoms with Crippen LogP contribution in [0.15, 0.2) is 0 Å². The third-order valence-electron chi connectivity index (χ3n) is 3.27. The highest BCUT2D eigenvalue weighted by Gasteiger charge is 2.11. The summed E-state index contributed by atoms with van der Waals surface area (Å²) in [4.78, 5) is 2.57. The highest BCUT2D eigenvalue weighted by molar-refractivity contribution is 4.67. The van der Waals surface area contributed by atoms with Gasteiger partial charge in [-0.3, -0.25) is 4.90 Å².